The van der Waals surface area contributed by atoms with E-state index < -0.39 is 10.0 Å². The summed E-state index contributed by atoms with van der Waals surface area (Å²) in [4.78, 5) is 16.8. The summed E-state index contributed by atoms with van der Waals surface area (Å²) in [5.41, 5.74) is 2.50. The van der Waals surface area contributed by atoms with Gasteiger partial charge in [0.05, 0.1) is 19.1 Å². The van der Waals surface area contributed by atoms with Crippen LogP contribution in [0.1, 0.15) is 16.1 Å². The van der Waals surface area contributed by atoms with Gasteiger partial charge in [-0.25, -0.2) is 13.4 Å². The Balaban J connectivity index is 1.70. The maximum Gasteiger partial charge on any atom is 0.229 e. The van der Waals surface area contributed by atoms with Gasteiger partial charge in [-0.15, -0.1) is 11.3 Å². The van der Waals surface area contributed by atoms with Crippen LogP contribution in [-0.2, 0) is 10.0 Å². The van der Waals surface area contributed by atoms with Gasteiger partial charge in [-0.05, 0) is 48.6 Å². The van der Waals surface area contributed by atoms with Crippen LogP contribution in [0.3, 0.4) is 0 Å². The summed E-state index contributed by atoms with van der Waals surface area (Å²) < 4.78 is 30.0. The Morgan fingerprint density at radius 1 is 1.18 bits per heavy atom. The number of ketones is 1. The molecule has 0 fully saturated rings. The second-order valence-corrected chi connectivity index (χ2v) is 8.57. The molecule has 0 aliphatic heterocycles. The largest absolute Gasteiger partial charge is 0.497 e. The summed E-state index contributed by atoms with van der Waals surface area (Å²) in [6.45, 7) is 0. The summed E-state index contributed by atoms with van der Waals surface area (Å²) >= 11 is 1.48. The normalized spacial score (nSPS) is 11.5. The van der Waals surface area contributed by atoms with Crippen LogP contribution in [0.4, 0.5) is 5.69 Å². The van der Waals surface area contributed by atoms with Crippen molar-refractivity contribution in [1.29, 1.82) is 0 Å². The molecule has 0 bridgehead atoms. The molecule has 0 radical (unpaired) electrons. The predicted octanol–water partition coefficient (Wildman–Crippen LogP) is 4.09. The predicted molar refractivity (Wildman–Crippen MR) is 112 cm³/mol. The molecule has 1 N–H and O–H groups in total. The van der Waals surface area contributed by atoms with Crippen molar-refractivity contribution in [2.24, 2.45) is 0 Å². The molecule has 2 aromatic carbocycles. The molecule has 3 aromatic rings. The molecular weight excluding hydrogens is 396 g/mol. The van der Waals surface area contributed by atoms with Crippen LogP contribution >= 0.6 is 11.3 Å². The molecule has 28 heavy (non-hydrogen) atoms. The van der Waals surface area contributed by atoms with Gasteiger partial charge in [0.2, 0.25) is 10.0 Å². The van der Waals surface area contributed by atoms with Crippen molar-refractivity contribution in [3.8, 4) is 16.3 Å². The average Bonchev–Trinajstić information content (AvgIpc) is 3.14. The van der Waals surface area contributed by atoms with Crippen LogP contribution in [0.25, 0.3) is 16.6 Å². The highest BCUT2D eigenvalue weighted by Crippen LogP contribution is 2.27. The number of nitrogens with one attached hydrogen (secondary N) is 1. The van der Waals surface area contributed by atoms with Crippen LogP contribution in [-0.4, -0.2) is 32.6 Å². The summed E-state index contributed by atoms with van der Waals surface area (Å²) in [7, 11) is -1.73. The third kappa shape index (κ3) is 5.28. The van der Waals surface area contributed by atoms with Crippen LogP contribution in [0.5, 0.6) is 5.75 Å². The number of methoxy groups -OCH3 is 1. The van der Waals surface area contributed by atoms with E-state index in [9.17, 15) is 13.2 Å². The highest BCUT2D eigenvalue weighted by atomic mass is 32.2. The SMILES string of the molecule is COc1cccc(-c2nc(/C=C/C(=O)c3ccc(NS(C)(=O)=O)cc3)cs2)c1. The first-order valence-electron chi connectivity index (χ1n) is 8.24. The van der Waals surface area contributed by atoms with Gasteiger partial charge >= 0.3 is 0 Å². The molecule has 0 saturated carbocycles. The minimum absolute atomic E-state index is 0.193. The summed E-state index contributed by atoms with van der Waals surface area (Å²) in [6, 6.07) is 13.9. The van der Waals surface area contributed by atoms with Crippen LogP contribution in [0, 0.1) is 0 Å². The number of benzene rings is 2. The standard InChI is InChI=1S/C20H18N2O4S2/c1-26-18-5-3-4-15(12-18)20-21-17(13-27-20)10-11-19(23)14-6-8-16(9-7-14)22-28(2,24)25/h3-13,22H,1-2H3/b11-10+. The minimum atomic E-state index is -3.35. The quantitative estimate of drug-likeness (QED) is 0.465. The van der Waals surface area contributed by atoms with Crippen molar-refractivity contribution < 1.29 is 17.9 Å². The fourth-order valence-corrected chi connectivity index (χ4v) is 3.77. The molecule has 0 aliphatic rings. The van der Waals surface area contributed by atoms with E-state index in [1.807, 2.05) is 29.6 Å². The number of carbonyl (C=O) groups excluding carboxylic acids is 1. The molecule has 144 valence electrons. The third-order valence-corrected chi connectivity index (χ3v) is 5.23. The van der Waals surface area contributed by atoms with E-state index in [1.165, 1.54) is 17.4 Å². The molecule has 1 aromatic heterocycles. The number of nitrogens with zero attached hydrogens (tertiary/aromatic N) is 1. The molecule has 6 nitrogen and oxygen atoms in total. The lowest BCUT2D eigenvalue weighted by molar-refractivity contribution is 0.104. The number of hydrogen-bond donors (Lipinski definition) is 1. The van der Waals surface area contributed by atoms with Crippen molar-refractivity contribution in [2.45, 2.75) is 0 Å². The number of sulfonamides is 1. The Bertz CT molecular complexity index is 1120. The molecule has 0 amide bonds. The molecule has 8 heteroatoms. The van der Waals surface area contributed by atoms with E-state index in [1.54, 1.807) is 37.5 Å². The first-order chi connectivity index (χ1) is 13.3. The van der Waals surface area contributed by atoms with Crippen molar-refractivity contribution in [3.63, 3.8) is 0 Å². The number of ether oxygens (including phenoxy) is 1. The summed E-state index contributed by atoms with van der Waals surface area (Å²) in [5.74, 6) is 0.565. The summed E-state index contributed by atoms with van der Waals surface area (Å²) in [6.07, 6.45) is 4.18. The molecule has 0 aliphatic carbocycles. The molecule has 1 heterocycles. The van der Waals surface area contributed by atoms with Gasteiger partial charge in [0.15, 0.2) is 5.78 Å². The van der Waals surface area contributed by atoms with E-state index in [0.717, 1.165) is 22.6 Å². The van der Waals surface area contributed by atoms with Gasteiger partial charge in [-0.3, -0.25) is 9.52 Å². The zero-order chi connectivity index (χ0) is 20.1. The number of hydrogen-bond acceptors (Lipinski definition) is 6. The van der Waals surface area contributed by atoms with Gasteiger partial charge < -0.3 is 4.74 Å². The van der Waals surface area contributed by atoms with Crippen LogP contribution in [0.2, 0.25) is 0 Å². The lowest BCUT2D eigenvalue weighted by atomic mass is 10.1. The lowest BCUT2D eigenvalue weighted by Crippen LogP contribution is -2.09. The molecule has 0 unspecified atom stereocenters. The van der Waals surface area contributed by atoms with Gasteiger partial charge in [0.25, 0.3) is 0 Å². The second-order valence-electron chi connectivity index (χ2n) is 5.96. The number of anilines is 1. The third-order valence-electron chi connectivity index (χ3n) is 3.72. The van der Waals surface area contributed by atoms with Gasteiger partial charge in [-0.2, -0.15) is 0 Å². The van der Waals surface area contributed by atoms with E-state index in [2.05, 4.69) is 9.71 Å². The first-order valence-corrected chi connectivity index (χ1v) is 11.0. The van der Waals surface area contributed by atoms with E-state index >= 15 is 0 Å². The van der Waals surface area contributed by atoms with Crippen molar-refractivity contribution in [2.75, 3.05) is 18.1 Å². The monoisotopic (exact) mass is 414 g/mol. The van der Waals surface area contributed by atoms with Crippen LogP contribution < -0.4 is 9.46 Å². The fourth-order valence-electron chi connectivity index (χ4n) is 2.43. The average molecular weight is 415 g/mol. The number of thiazole rings is 1. The number of allylic oxidation sites excluding steroid dienone is 1. The Kier molecular flexibility index (Phi) is 5.91. The lowest BCUT2D eigenvalue weighted by Gasteiger charge is -2.03. The summed E-state index contributed by atoms with van der Waals surface area (Å²) in [5, 5.41) is 2.71. The van der Waals surface area contributed by atoms with Crippen LogP contribution in [0.15, 0.2) is 60.0 Å². The number of rotatable bonds is 7. The zero-order valence-corrected chi connectivity index (χ0v) is 16.9. The van der Waals surface area contributed by atoms with Gasteiger partial charge in [0.1, 0.15) is 10.8 Å². The minimum Gasteiger partial charge on any atom is -0.497 e. The van der Waals surface area contributed by atoms with E-state index in [-0.39, 0.29) is 5.78 Å². The smallest absolute Gasteiger partial charge is 0.229 e. The fraction of sp³-hybridized carbons (Fsp3) is 0.100. The number of carbonyl (C=O) groups is 1. The Labute approximate surface area is 167 Å². The topological polar surface area (TPSA) is 85.4 Å². The highest BCUT2D eigenvalue weighted by Gasteiger charge is 2.07. The Morgan fingerprint density at radius 2 is 1.93 bits per heavy atom. The van der Waals surface area contributed by atoms with Gasteiger partial charge in [-0.1, -0.05) is 12.1 Å². The molecule has 3 rings (SSSR count). The molecule has 0 spiro atoms. The molecule has 0 atom stereocenters. The number of aromatic nitrogens is 1. The second kappa shape index (κ2) is 8.37. The van der Waals surface area contributed by atoms with E-state index in [4.69, 9.17) is 4.74 Å². The Morgan fingerprint density at radius 3 is 2.61 bits per heavy atom. The van der Waals surface area contributed by atoms with Crippen molar-refractivity contribution in [3.05, 3.63) is 71.2 Å². The molecule has 0 saturated heterocycles. The maximum absolute atomic E-state index is 12.3. The van der Waals surface area contributed by atoms with Crippen molar-refractivity contribution in [1.82, 2.24) is 4.98 Å². The zero-order valence-electron chi connectivity index (χ0n) is 15.2. The highest BCUT2D eigenvalue weighted by molar-refractivity contribution is 7.92. The Hall–Kier alpha value is -2.97. The van der Waals surface area contributed by atoms with Gasteiger partial charge in [0, 0.05) is 22.2 Å². The van der Waals surface area contributed by atoms with E-state index in [0.29, 0.717) is 16.9 Å². The maximum atomic E-state index is 12.3. The first kappa shape index (κ1) is 19.8. The molecular formula is C20H18N2O4S2. The van der Waals surface area contributed by atoms with Crippen molar-refractivity contribution >= 4 is 38.9 Å².